The van der Waals surface area contributed by atoms with Crippen LogP contribution in [-0.4, -0.2) is 43.5 Å². The number of carbonyl (C=O) groups is 1. The van der Waals surface area contributed by atoms with Crippen molar-refractivity contribution >= 4 is 31.9 Å². The van der Waals surface area contributed by atoms with E-state index in [9.17, 15) is 13.2 Å². The summed E-state index contributed by atoms with van der Waals surface area (Å²) in [5, 5.41) is 9.13. The van der Waals surface area contributed by atoms with Gasteiger partial charge in [-0.1, -0.05) is 6.92 Å². The maximum absolute atomic E-state index is 12.6. The zero-order valence-electron chi connectivity index (χ0n) is 12.3. The lowest BCUT2D eigenvalue weighted by atomic mass is 9.99. The maximum Gasteiger partial charge on any atom is 0.308 e. The highest BCUT2D eigenvalue weighted by Crippen LogP contribution is 2.32. The van der Waals surface area contributed by atoms with Crippen molar-refractivity contribution < 1.29 is 23.1 Å². The first kappa shape index (κ1) is 17.2. The van der Waals surface area contributed by atoms with Crippen molar-refractivity contribution in [2.24, 2.45) is 11.8 Å². The highest BCUT2D eigenvalue weighted by molar-refractivity contribution is 9.10. The smallest absolute Gasteiger partial charge is 0.308 e. The van der Waals surface area contributed by atoms with E-state index in [-0.39, 0.29) is 23.9 Å². The van der Waals surface area contributed by atoms with Gasteiger partial charge in [0.2, 0.25) is 10.0 Å². The molecule has 0 aliphatic carbocycles. The Bertz CT molecular complexity index is 676. The molecular formula is C14H18BrNO5S. The molecule has 6 nitrogen and oxygen atoms in total. The third-order valence-corrected chi connectivity index (χ3v) is 6.18. The van der Waals surface area contributed by atoms with Gasteiger partial charge in [0.1, 0.15) is 5.75 Å². The lowest BCUT2D eigenvalue weighted by molar-refractivity contribution is -0.142. The third-order valence-electron chi connectivity index (χ3n) is 3.74. The minimum Gasteiger partial charge on any atom is -0.493 e. The van der Waals surface area contributed by atoms with Crippen molar-refractivity contribution in [2.75, 3.05) is 19.7 Å². The molecule has 1 heterocycles. The fourth-order valence-corrected chi connectivity index (χ4v) is 4.74. The van der Waals surface area contributed by atoms with E-state index in [1.807, 2.05) is 6.92 Å². The van der Waals surface area contributed by atoms with Crippen LogP contribution in [0.3, 0.4) is 0 Å². The first-order chi connectivity index (χ1) is 10.3. The topological polar surface area (TPSA) is 83.9 Å². The van der Waals surface area contributed by atoms with Gasteiger partial charge in [-0.15, -0.1) is 0 Å². The fraction of sp³-hybridized carbons (Fsp3) is 0.500. The molecule has 0 bridgehead atoms. The minimum absolute atomic E-state index is 0.00363. The van der Waals surface area contributed by atoms with Crippen LogP contribution in [0.4, 0.5) is 0 Å². The van der Waals surface area contributed by atoms with Crippen LogP contribution in [0.1, 0.15) is 13.8 Å². The molecule has 1 N–H and O–H groups in total. The molecule has 0 amide bonds. The van der Waals surface area contributed by atoms with Crippen LogP contribution in [-0.2, 0) is 14.8 Å². The van der Waals surface area contributed by atoms with Gasteiger partial charge < -0.3 is 9.84 Å². The van der Waals surface area contributed by atoms with Crippen LogP contribution >= 0.6 is 15.9 Å². The van der Waals surface area contributed by atoms with Gasteiger partial charge in [0.25, 0.3) is 0 Å². The van der Waals surface area contributed by atoms with Crippen LogP contribution in [0.5, 0.6) is 5.75 Å². The average molecular weight is 392 g/mol. The molecule has 122 valence electrons. The first-order valence-corrected chi connectivity index (χ1v) is 9.16. The number of halogens is 1. The quantitative estimate of drug-likeness (QED) is 0.831. The van der Waals surface area contributed by atoms with Gasteiger partial charge in [0.05, 0.1) is 21.9 Å². The minimum atomic E-state index is -3.71. The molecule has 2 rings (SSSR count). The van der Waals surface area contributed by atoms with E-state index in [1.54, 1.807) is 13.0 Å². The summed E-state index contributed by atoms with van der Waals surface area (Å²) in [6.45, 7) is 4.29. The van der Waals surface area contributed by atoms with E-state index in [2.05, 4.69) is 15.9 Å². The molecule has 0 radical (unpaired) electrons. The largest absolute Gasteiger partial charge is 0.493 e. The molecule has 0 saturated carbocycles. The first-order valence-electron chi connectivity index (χ1n) is 6.92. The number of carboxylic acids is 1. The van der Waals surface area contributed by atoms with Gasteiger partial charge in [-0.05, 0) is 47.0 Å². The van der Waals surface area contributed by atoms with Crippen molar-refractivity contribution in [3.63, 3.8) is 0 Å². The van der Waals surface area contributed by atoms with Crippen molar-refractivity contribution in [2.45, 2.75) is 18.7 Å². The molecule has 0 spiro atoms. The number of rotatable bonds is 5. The van der Waals surface area contributed by atoms with Crippen molar-refractivity contribution in [3.8, 4) is 5.75 Å². The number of benzene rings is 1. The Morgan fingerprint density at radius 1 is 1.45 bits per heavy atom. The van der Waals surface area contributed by atoms with Gasteiger partial charge in [-0.25, -0.2) is 8.42 Å². The molecule has 1 aromatic rings. The van der Waals surface area contributed by atoms with Gasteiger partial charge in [-0.2, -0.15) is 4.31 Å². The number of hydrogen-bond acceptors (Lipinski definition) is 4. The molecule has 0 unspecified atom stereocenters. The molecule has 22 heavy (non-hydrogen) atoms. The Balaban J connectivity index is 2.28. The van der Waals surface area contributed by atoms with Crippen LogP contribution in [0, 0.1) is 11.8 Å². The number of sulfonamides is 1. The predicted molar refractivity (Wildman–Crippen MR) is 84.4 cm³/mol. The zero-order chi connectivity index (χ0) is 16.5. The highest BCUT2D eigenvalue weighted by Gasteiger charge is 2.40. The summed E-state index contributed by atoms with van der Waals surface area (Å²) in [4.78, 5) is 11.3. The van der Waals surface area contributed by atoms with E-state index in [4.69, 9.17) is 9.84 Å². The van der Waals surface area contributed by atoms with Crippen LogP contribution in [0.2, 0.25) is 0 Å². The molecule has 1 aromatic carbocycles. The van der Waals surface area contributed by atoms with E-state index in [1.165, 1.54) is 16.4 Å². The van der Waals surface area contributed by atoms with Gasteiger partial charge in [0, 0.05) is 13.1 Å². The monoisotopic (exact) mass is 391 g/mol. The molecule has 1 aliphatic heterocycles. The van der Waals surface area contributed by atoms with Crippen LogP contribution < -0.4 is 4.74 Å². The summed E-state index contributed by atoms with van der Waals surface area (Å²) in [5.74, 6) is -1.27. The number of hydrogen-bond donors (Lipinski definition) is 1. The maximum atomic E-state index is 12.6. The van der Waals surface area contributed by atoms with E-state index >= 15 is 0 Å². The summed E-state index contributed by atoms with van der Waals surface area (Å²) >= 11 is 3.29. The Morgan fingerprint density at radius 2 is 2.14 bits per heavy atom. The number of ether oxygens (including phenoxy) is 1. The number of carboxylic acid groups (broad SMARTS) is 1. The normalized spacial score (nSPS) is 22.7. The Hall–Kier alpha value is -1.12. The molecule has 0 aromatic heterocycles. The molecule has 8 heteroatoms. The molecule has 1 fully saturated rings. The predicted octanol–water partition coefficient (Wildman–Crippen LogP) is 2.19. The van der Waals surface area contributed by atoms with Crippen molar-refractivity contribution in [3.05, 3.63) is 22.7 Å². The van der Waals surface area contributed by atoms with Crippen LogP contribution in [0.25, 0.3) is 0 Å². The Labute approximate surface area is 138 Å². The SMILES string of the molecule is CCOc1ccc(S(=O)(=O)N2C[C@@H](C)[C@H](C(=O)O)C2)cc1Br. The Kier molecular flexibility index (Phi) is 5.14. The average Bonchev–Trinajstić information content (AvgIpc) is 2.84. The number of nitrogens with zero attached hydrogens (tertiary/aromatic N) is 1. The summed E-state index contributed by atoms with van der Waals surface area (Å²) in [7, 11) is -3.71. The zero-order valence-corrected chi connectivity index (χ0v) is 14.7. The summed E-state index contributed by atoms with van der Waals surface area (Å²) in [5.41, 5.74) is 0. The molecule has 1 aliphatic rings. The second kappa shape index (κ2) is 6.55. The number of aliphatic carboxylic acids is 1. The van der Waals surface area contributed by atoms with E-state index in [0.717, 1.165) is 0 Å². The van der Waals surface area contributed by atoms with Crippen molar-refractivity contribution in [1.82, 2.24) is 4.31 Å². The Morgan fingerprint density at radius 3 is 2.64 bits per heavy atom. The fourth-order valence-electron chi connectivity index (χ4n) is 2.50. The second-order valence-electron chi connectivity index (χ2n) is 5.27. The van der Waals surface area contributed by atoms with E-state index in [0.29, 0.717) is 16.8 Å². The van der Waals surface area contributed by atoms with Gasteiger partial charge in [-0.3, -0.25) is 4.79 Å². The van der Waals surface area contributed by atoms with Crippen molar-refractivity contribution in [1.29, 1.82) is 0 Å². The van der Waals surface area contributed by atoms with Gasteiger partial charge in [0.15, 0.2) is 0 Å². The lowest BCUT2D eigenvalue weighted by Gasteiger charge is -2.17. The highest BCUT2D eigenvalue weighted by atomic mass is 79.9. The molecular weight excluding hydrogens is 374 g/mol. The standard InChI is InChI=1S/C14H18BrNO5S/c1-3-21-13-5-4-10(6-12(13)15)22(19,20)16-7-9(2)11(8-16)14(17)18/h4-6,9,11H,3,7-8H2,1-2H3,(H,17,18)/t9-,11-/m1/s1. The lowest BCUT2D eigenvalue weighted by Crippen LogP contribution is -2.30. The summed E-state index contributed by atoms with van der Waals surface area (Å²) in [6, 6.07) is 4.55. The summed E-state index contributed by atoms with van der Waals surface area (Å²) < 4.78 is 32.4. The molecule has 1 saturated heterocycles. The summed E-state index contributed by atoms with van der Waals surface area (Å²) in [6.07, 6.45) is 0. The van der Waals surface area contributed by atoms with E-state index < -0.39 is 21.9 Å². The second-order valence-corrected chi connectivity index (χ2v) is 8.06. The van der Waals surface area contributed by atoms with Crippen LogP contribution in [0.15, 0.2) is 27.6 Å². The third kappa shape index (κ3) is 3.28. The molecule has 2 atom stereocenters. The van der Waals surface area contributed by atoms with Gasteiger partial charge >= 0.3 is 5.97 Å².